The van der Waals surface area contributed by atoms with E-state index in [1.54, 1.807) is 36.0 Å². The normalized spacial score (nSPS) is 10.9. The summed E-state index contributed by atoms with van der Waals surface area (Å²) in [6.45, 7) is 3.35. The van der Waals surface area contributed by atoms with Gasteiger partial charge in [0.15, 0.2) is 0 Å². The molecule has 2 aromatic rings. The lowest BCUT2D eigenvalue weighted by Crippen LogP contribution is -2.28. The van der Waals surface area contributed by atoms with Gasteiger partial charge in [0.1, 0.15) is 0 Å². The molecule has 0 unspecified atom stereocenters. The van der Waals surface area contributed by atoms with E-state index in [0.717, 1.165) is 5.56 Å². The first-order chi connectivity index (χ1) is 8.79. The van der Waals surface area contributed by atoms with Crippen LogP contribution < -0.4 is 0 Å². The molecule has 2 heterocycles. The molecule has 94 valence electrons. The third kappa shape index (κ3) is 3.34. The molecule has 1 amide bonds. The molecule has 0 radical (unpaired) electrons. The highest BCUT2D eigenvalue weighted by Gasteiger charge is 2.09. The second-order valence-corrected chi connectivity index (χ2v) is 4.85. The second-order valence-electron chi connectivity index (χ2n) is 3.82. The van der Waals surface area contributed by atoms with E-state index in [-0.39, 0.29) is 5.91 Å². The summed E-state index contributed by atoms with van der Waals surface area (Å²) in [6, 6.07) is 5.86. The molecule has 2 aromatic heterocycles. The van der Waals surface area contributed by atoms with Gasteiger partial charge < -0.3 is 9.32 Å². The van der Waals surface area contributed by atoms with Crippen LogP contribution in [0.3, 0.4) is 0 Å². The maximum Gasteiger partial charge on any atom is 0.246 e. The molecule has 0 spiro atoms. The van der Waals surface area contributed by atoms with Crippen molar-refractivity contribution in [1.82, 2.24) is 4.90 Å². The van der Waals surface area contributed by atoms with Gasteiger partial charge in [-0.15, -0.1) is 11.3 Å². The summed E-state index contributed by atoms with van der Waals surface area (Å²) in [5, 5.41) is 2.02. The predicted octanol–water partition coefficient (Wildman–Crippen LogP) is 3.40. The van der Waals surface area contributed by atoms with Crippen molar-refractivity contribution in [2.24, 2.45) is 0 Å². The Morgan fingerprint density at radius 3 is 3.00 bits per heavy atom. The lowest BCUT2D eigenvalue weighted by atomic mass is 10.3. The topological polar surface area (TPSA) is 33.5 Å². The van der Waals surface area contributed by atoms with E-state index in [2.05, 4.69) is 0 Å². The number of rotatable bonds is 5. The number of hydrogen-bond acceptors (Lipinski definition) is 3. The Bertz CT molecular complexity index is 500. The van der Waals surface area contributed by atoms with Crippen molar-refractivity contribution in [3.63, 3.8) is 0 Å². The Hall–Kier alpha value is -1.81. The van der Waals surface area contributed by atoms with Gasteiger partial charge in [0.2, 0.25) is 5.91 Å². The first-order valence-electron chi connectivity index (χ1n) is 5.81. The van der Waals surface area contributed by atoms with Gasteiger partial charge in [-0.3, -0.25) is 4.79 Å². The van der Waals surface area contributed by atoms with Gasteiger partial charge in [-0.2, -0.15) is 0 Å². The van der Waals surface area contributed by atoms with E-state index in [9.17, 15) is 4.79 Å². The molecule has 0 saturated heterocycles. The molecule has 0 atom stereocenters. The fraction of sp³-hybridized carbons (Fsp3) is 0.214. The predicted molar refractivity (Wildman–Crippen MR) is 73.2 cm³/mol. The molecule has 0 fully saturated rings. The van der Waals surface area contributed by atoms with Gasteiger partial charge in [-0.25, -0.2) is 0 Å². The van der Waals surface area contributed by atoms with Gasteiger partial charge in [0, 0.05) is 23.1 Å². The van der Waals surface area contributed by atoms with Gasteiger partial charge in [0.05, 0.1) is 19.1 Å². The van der Waals surface area contributed by atoms with E-state index >= 15 is 0 Å². The number of carbonyl (C=O) groups is 1. The highest BCUT2D eigenvalue weighted by atomic mass is 32.1. The summed E-state index contributed by atoms with van der Waals surface area (Å²) >= 11 is 1.67. The maximum absolute atomic E-state index is 12.0. The molecule has 0 aliphatic carbocycles. The Kier molecular flexibility index (Phi) is 4.36. The summed E-state index contributed by atoms with van der Waals surface area (Å²) < 4.78 is 4.94. The van der Waals surface area contributed by atoms with Crippen molar-refractivity contribution in [3.8, 4) is 0 Å². The number of amides is 1. The first-order valence-corrected chi connectivity index (χ1v) is 6.69. The lowest BCUT2D eigenvalue weighted by Gasteiger charge is -2.17. The summed E-state index contributed by atoms with van der Waals surface area (Å²) in [5.41, 5.74) is 0.899. The van der Waals surface area contributed by atoms with Crippen LogP contribution in [-0.4, -0.2) is 17.4 Å². The second kappa shape index (κ2) is 6.21. The van der Waals surface area contributed by atoms with Crippen molar-refractivity contribution >= 4 is 23.3 Å². The average Bonchev–Trinajstić information content (AvgIpc) is 3.06. The third-order valence-electron chi connectivity index (χ3n) is 2.58. The molecule has 2 rings (SSSR count). The minimum absolute atomic E-state index is 0.0205. The van der Waals surface area contributed by atoms with E-state index < -0.39 is 0 Å². The Morgan fingerprint density at radius 2 is 2.39 bits per heavy atom. The Labute approximate surface area is 110 Å². The Balaban J connectivity index is 1.97. The monoisotopic (exact) mass is 261 g/mol. The lowest BCUT2D eigenvalue weighted by molar-refractivity contribution is -0.126. The van der Waals surface area contributed by atoms with Crippen LogP contribution >= 0.6 is 11.3 Å². The smallest absolute Gasteiger partial charge is 0.246 e. The number of hydrogen-bond donors (Lipinski definition) is 0. The van der Waals surface area contributed by atoms with Crippen molar-refractivity contribution in [2.45, 2.75) is 13.5 Å². The maximum atomic E-state index is 12.0. The number of furan rings is 1. The zero-order valence-electron chi connectivity index (χ0n) is 10.2. The van der Waals surface area contributed by atoms with Crippen LogP contribution in [-0.2, 0) is 11.3 Å². The molecule has 0 bridgehead atoms. The molecular weight excluding hydrogens is 246 g/mol. The third-order valence-corrected chi connectivity index (χ3v) is 3.44. The van der Waals surface area contributed by atoms with Crippen LogP contribution in [0.2, 0.25) is 0 Å². The summed E-state index contributed by atoms with van der Waals surface area (Å²) in [4.78, 5) is 15.0. The van der Waals surface area contributed by atoms with Crippen molar-refractivity contribution < 1.29 is 9.21 Å². The number of thiophene rings is 1. The molecule has 0 aliphatic heterocycles. The fourth-order valence-electron chi connectivity index (χ4n) is 1.58. The minimum Gasteiger partial charge on any atom is -0.472 e. The zero-order chi connectivity index (χ0) is 12.8. The summed E-state index contributed by atoms with van der Waals surface area (Å²) in [7, 11) is 0. The van der Waals surface area contributed by atoms with Gasteiger partial charge in [0.25, 0.3) is 0 Å². The standard InChI is InChI=1S/C14H15NO2S/c1-2-15(10-13-4-3-9-18-13)14(16)6-5-12-7-8-17-11-12/h3-9,11H,2,10H2,1H3/b6-5+. The number of carbonyl (C=O) groups excluding carboxylic acids is 1. The van der Waals surface area contributed by atoms with Gasteiger partial charge in [-0.1, -0.05) is 6.07 Å². The van der Waals surface area contributed by atoms with Crippen LogP contribution in [0.15, 0.2) is 46.6 Å². The quantitative estimate of drug-likeness (QED) is 0.773. The molecule has 3 nitrogen and oxygen atoms in total. The van der Waals surface area contributed by atoms with Crippen LogP contribution in [0.5, 0.6) is 0 Å². The fourth-order valence-corrected chi connectivity index (χ4v) is 2.30. The number of nitrogens with zero attached hydrogens (tertiary/aromatic N) is 1. The highest BCUT2D eigenvalue weighted by molar-refractivity contribution is 7.09. The van der Waals surface area contributed by atoms with Crippen molar-refractivity contribution in [1.29, 1.82) is 0 Å². The molecule has 18 heavy (non-hydrogen) atoms. The highest BCUT2D eigenvalue weighted by Crippen LogP contribution is 2.12. The van der Waals surface area contributed by atoms with E-state index in [4.69, 9.17) is 4.42 Å². The van der Waals surface area contributed by atoms with E-state index in [1.807, 2.05) is 35.4 Å². The SMILES string of the molecule is CCN(Cc1cccs1)C(=O)/C=C/c1ccoc1. The van der Waals surface area contributed by atoms with Gasteiger partial charge in [-0.05, 0) is 30.5 Å². The van der Waals surface area contributed by atoms with E-state index in [1.165, 1.54) is 4.88 Å². The first kappa shape index (κ1) is 12.6. The van der Waals surface area contributed by atoms with Crippen LogP contribution in [0.4, 0.5) is 0 Å². The van der Waals surface area contributed by atoms with Crippen LogP contribution in [0.25, 0.3) is 6.08 Å². The molecular formula is C14H15NO2S. The molecule has 0 aliphatic rings. The van der Waals surface area contributed by atoms with Crippen LogP contribution in [0.1, 0.15) is 17.4 Å². The molecule has 0 N–H and O–H groups in total. The van der Waals surface area contributed by atoms with Crippen molar-refractivity contribution in [3.05, 3.63) is 52.6 Å². The number of likely N-dealkylation sites (N-methyl/N-ethyl adjacent to an activating group) is 1. The van der Waals surface area contributed by atoms with Crippen molar-refractivity contribution in [2.75, 3.05) is 6.54 Å². The molecule has 0 aromatic carbocycles. The van der Waals surface area contributed by atoms with Crippen LogP contribution in [0, 0.1) is 0 Å². The molecule has 4 heteroatoms. The largest absolute Gasteiger partial charge is 0.472 e. The summed E-state index contributed by atoms with van der Waals surface area (Å²) in [5.74, 6) is 0.0205. The average molecular weight is 261 g/mol. The minimum atomic E-state index is 0.0205. The van der Waals surface area contributed by atoms with Gasteiger partial charge >= 0.3 is 0 Å². The zero-order valence-corrected chi connectivity index (χ0v) is 11.0. The Morgan fingerprint density at radius 1 is 1.50 bits per heavy atom. The summed E-state index contributed by atoms with van der Waals surface area (Å²) in [6.07, 6.45) is 6.55. The van der Waals surface area contributed by atoms with E-state index in [0.29, 0.717) is 13.1 Å². The molecule has 0 saturated carbocycles.